The summed E-state index contributed by atoms with van der Waals surface area (Å²) in [5.74, 6) is -0.282. The number of hydrogen-bond donors (Lipinski definition) is 3. The third-order valence-corrected chi connectivity index (χ3v) is 4.23. The first kappa shape index (κ1) is 17.1. The third-order valence-electron chi connectivity index (χ3n) is 3.59. The minimum Gasteiger partial charge on any atom is -0.480 e. The molecule has 2 atom stereocenters. The number of carbonyl (C=O) groups is 2. The van der Waals surface area contributed by atoms with E-state index >= 15 is 0 Å². The zero-order valence-corrected chi connectivity index (χ0v) is 13.2. The molecule has 7 heteroatoms. The minimum atomic E-state index is -0.989. The number of urea groups is 1. The van der Waals surface area contributed by atoms with Crippen molar-refractivity contribution in [3.05, 3.63) is 0 Å². The minimum absolute atomic E-state index is 0.253. The fraction of sp³-hybridized carbons (Fsp3) is 0.846. The SMILES string of the molecule is CSCC[C@@H](NC(=O)NCC(C)N(C)C1CC1)C(=O)O. The van der Waals surface area contributed by atoms with E-state index in [1.165, 1.54) is 12.8 Å². The van der Waals surface area contributed by atoms with Gasteiger partial charge in [0.25, 0.3) is 0 Å². The third kappa shape index (κ3) is 6.00. The van der Waals surface area contributed by atoms with E-state index in [0.717, 1.165) is 0 Å². The predicted molar refractivity (Wildman–Crippen MR) is 81.2 cm³/mol. The Morgan fingerprint density at radius 1 is 1.45 bits per heavy atom. The summed E-state index contributed by atoms with van der Waals surface area (Å²) in [6.07, 6.45) is 4.79. The number of hydrogen-bond acceptors (Lipinski definition) is 4. The number of amides is 2. The van der Waals surface area contributed by atoms with E-state index in [2.05, 4.69) is 29.5 Å². The molecule has 0 heterocycles. The summed E-state index contributed by atoms with van der Waals surface area (Å²) < 4.78 is 0. The molecule has 0 spiro atoms. The maximum absolute atomic E-state index is 11.7. The molecule has 1 unspecified atom stereocenters. The summed E-state index contributed by atoms with van der Waals surface area (Å²) in [6, 6.07) is -0.334. The number of nitrogens with zero attached hydrogens (tertiary/aromatic N) is 1. The summed E-state index contributed by atoms with van der Waals surface area (Å²) in [5, 5.41) is 14.3. The van der Waals surface area contributed by atoms with Gasteiger partial charge in [0, 0.05) is 18.6 Å². The van der Waals surface area contributed by atoms with Crippen LogP contribution in [-0.4, -0.2) is 65.7 Å². The largest absolute Gasteiger partial charge is 0.480 e. The maximum Gasteiger partial charge on any atom is 0.326 e. The fourth-order valence-corrected chi connectivity index (χ4v) is 2.40. The smallest absolute Gasteiger partial charge is 0.326 e. The van der Waals surface area contributed by atoms with Crippen molar-refractivity contribution in [2.45, 2.75) is 44.3 Å². The fourth-order valence-electron chi connectivity index (χ4n) is 1.93. The number of rotatable bonds is 9. The zero-order chi connectivity index (χ0) is 15.1. The van der Waals surface area contributed by atoms with Crippen LogP contribution in [0, 0.1) is 0 Å². The number of thioether (sulfide) groups is 1. The van der Waals surface area contributed by atoms with Crippen LogP contribution < -0.4 is 10.6 Å². The topological polar surface area (TPSA) is 81.7 Å². The zero-order valence-electron chi connectivity index (χ0n) is 12.4. The number of aliphatic carboxylic acids is 1. The summed E-state index contributed by atoms with van der Waals surface area (Å²) in [6.45, 7) is 2.58. The quantitative estimate of drug-likeness (QED) is 0.591. The van der Waals surface area contributed by atoms with E-state index in [1.54, 1.807) is 11.8 Å². The van der Waals surface area contributed by atoms with Gasteiger partial charge < -0.3 is 15.7 Å². The second kappa shape index (κ2) is 8.36. The normalized spacial score (nSPS) is 17.6. The van der Waals surface area contributed by atoms with Crippen molar-refractivity contribution in [2.75, 3.05) is 25.6 Å². The van der Waals surface area contributed by atoms with Gasteiger partial charge in [-0.15, -0.1) is 0 Å². The Kier molecular flexibility index (Phi) is 7.15. The van der Waals surface area contributed by atoms with E-state index in [-0.39, 0.29) is 6.04 Å². The van der Waals surface area contributed by atoms with Crippen LogP contribution in [0.3, 0.4) is 0 Å². The number of nitrogens with one attached hydrogen (secondary N) is 2. The van der Waals surface area contributed by atoms with E-state index in [0.29, 0.717) is 24.8 Å². The molecule has 1 aliphatic rings. The summed E-state index contributed by atoms with van der Waals surface area (Å²) in [5.41, 5.74) is 0. The molecule has 20 heavy (non-hydrogen) atoms. The second-order valence-electron chi connectivity index (χ2n) is 5.27. The van der Waals surface area contributed by atoms with Gasteiger partial charge in [0.15, 0.2) is 0 Å². The van der Waals surface area contributed by atoms with Crippen LogP contribution in [-0.2, 0) is 4.79 Å². The molecule has 1 saturated carbocycles. The maximum atomic E-state index is 11.7. The van der Waals surface area contributed by atoms with Crippen LogP contribution in [0.2, 0.25) is 0 Å². The summed E-state index contributed by atoms with van der Waals surface area (Å²) >= 11 is 1.57. The Bertz CT molecular complexity index is 337. The number of carboxylic acid groups (broad SMARTS) is 1. The molecule has 0 aromatic rings. The average Bonchev–Trinajstić information content (AvgIpc) is 3.23. The first-order valence-electron chi connectivity index (χ1n) is 6.93. The van der Waals surface area contributed by atoms with Crippen molar-refractivity contribution >= 4 is 23.8 Å². The molecule has 1 rings (SSSR count). The van der Waals surface area contributed by atoms with Gasteiger partial charge in [0.1, 0.15) is 6.04 Å². The lowest BCUT2D eigenvalue weighted by molar-refractivity contribution is -0.139. The second-order valence-corrected chi connectivity index (χ2v) is 6.26. The monoisotopic (exact) mass is 303 g/mol. The van der Waals surface area contributed by atoms with Crippen LogP contribution in [0.4, 0.5) is 4.79 Å². The van der Waals surface area contributed by atoms with Gasteiger partial charge in [0.2, 0.25) is 0 Å². The van der Waals surface area contributed by atoms with Gasteiger partial charge in [-0.1, -0.05) is 0 Å². The van der Waals surface area contributed by atoms with Crippen LogP contribution in [0.5, 0.6) is 0 Å². The molecule has 6 nitrogen and oxygen atoms in total. The Morgan fingerprint density at radius 2 is 2.10 bits per heavy atom. The van der Waals surface area contributed by atoms with E-state index in [1.807, 2.05) is 6.26 Å². The molecule has 1 fully saturated rings. The molecule has 0 radical (unpaired) electrons. The van der Waals surface area contributed by atoms with Crippen molar-refractivity contribution in [2.24, 2.45) is 0 Å². The highest BCUT2D eigenvalue weighted by Gasteiger charge is 2.29. The van der Waals surface area contributed by atoms with E-state index in [9.17, 15) is 9.59 Å². The lowest BCUT2D eigenvalue weighted by Crippen LogP contribution is -2.49. The van der Waals surface area contributed by atoms with E-state index in [4.69, 9.17) is 5.11 Å². The van der Waals surface area contributed by atoms with Crippen LogP contribution in [0.15, 0.2) is 0 Å². The molecule has 116 valence electrons. The lowest BCUT2D eigenvalue weighted by atomic mass is 10.2. The molecule has 3 N–H and O–H groups in total. The van der Waals surface area contributed by atoms with Crippen molar-refractivity contribution in [1.29, 1.82) is 0 Å². The highest BCUT2D eigenvalue weighted by Crippen LogP contribution is 2.26. The molecule has 0 aliphatic heterocycles. The lowest BCUT2D eigenvalue weighted by Gasteiger charge is -2.25. The van der Waals surface area contributed by atoms with E-state index < -0.39 is 18.0 Å². The summed E-state index contributed by atoms with van der Waals surface area (Å²) in [7, 11) is 2.06. The predicted octanol–water partition coefficient (Wildman–Crippen LogP) is 0.975. The van der Waals surface area contributed by atoms with Crippen LogP contribution in [0.1, 0.15) is 26.2 Å². The Labute approximate surface area is 124 Å². The number of carboxylic acids is 1. The first-order chi connectivity index (χ1) is 9.45. The molecule has 0 bridgehead atoms. The van der Waals surface area contributed by atoms with Crippen molar-refractivity contribution in [3.8, 4) is 0 Å². The molecule has 0 aromatic heterocycles. The molecule has 2 amide bonds. The van der Waals surface area contributed by atoms with Crippen LogP contribution >= 0.6 is 11.8 Å². The van der Waals surface area contributed by atoms with Gasteiger partial charge in [-0.3, -0.25) is 4.90 Å². The molecular weight excluding hydrogens is 278 g/mol. The van der Waals surface area contributed by atoms with Gasteiger partial charge in [-0.05, 0) is 45.2 Å². The average molecular weight is 303 g/mol. The standard InChI is InChI=1S/C13H25N3O3S/c1-9(16(2)10-4-5-10)8-14-13(19)15-11(12(17)18)6-7-20-3/h9-11H,4-8H2,1-3H3,(H,17,18)(H2,14,15,19)/t9?,11-/m1/s1. The van der Waals surface area contributed by atoms with Gasteiger partial charge >= 0.3 is 12.0 Å². The van der Waals surface area contributed by atoms with Gasteiger partial charge in [0.05, 0.1) is 0 Å². The van der Waals surface area contributed by atoms with Gasteiger partial charge in [-0.25, -0.2) is 9.59 Å². The Hall–Kier alpha value is -0.950. The summed E-state index contributed by atoms with van der Waals surface area (Å²) in [4.78, 5) is 25.0. The van der Waals surface area contributed by atoms with Crippen molar-refractivity contribution < 1.29 is 14.7 Å². The first-order valence-corrected chi connectivity index (χ1v) is 8.33. The molecule has 0 aromatic carbocycles. The highest BCUT2D eigenvalue weighted by atomic mass is 32.2. The van der Waals surface area contributed by atoms with Crippen molar-refractivity contribution in [3.63, 3.8) is 0 Å². The highest BCUT2D eigenvalue weighted by molar-refractivity contribution is 7.98. The Balaban J connectivity index is 2.27. The molecule has 0 saturated heterocycles. The molecular formula is C13H25N3O3S. The Morgan fingerprint density at radius 3 is 2.60 bits per heavy atom. The molecule has 1 aliphatic carbocycles. The van der Waals surface area contributed by atoms with Crippen molar-refractivity contribution in [1.82, 2.24) is 15.5 Å². The number of likely N-dealkylation sites (N-methyl/N-ethyl adjacent to an activating group) is 1. The van der Waals surface area contributed by atoms with Crippen LogP contribution in [0.25, 0.3) is 0 Å². The number of carbonyl (C=O) groups excluding carboxylic acids is 1. The van der Waals surface area contributed by atoms with Gasteiger partial charge in [-0.2, -0.15) is 11.8 Å².